The monoisotopic (exact) mass is 301 g/mol. The van der Waals surface area contributed by atoms with Crippen LogP contribution in [-0.2, 0) is 4.79 Å². The molecule has 3 fully saturated rings. The molecule has 3 saturated carbocycles. The highest BCUT2D eigenvalue weighted by Gasteiger charge is 2.62. The maximum atomic E-state index is 12.4. The fraction of sp³-hybridized carbons (Fsp3) is 0.529. The van der Waals surface area contributed by atoms with E-state index in [9.17, 15) is 14.7 Å². The Morgan fingerprint density at radius 3 is 2.91 bits per heavy atom. The molecule has 1 spiro atoms. The molecule has 0 radical (unpaired) electrons. The third kappa shape index (κ3) is 1.71. The minimum Gasteiger partial charge on any atom is -0.481 e. The minimum atomic E-state index is -0.746. The second-order valence-electron chi connectivity index (χ2n) is 7.13. The Labute approximate surface area is 128 Å². The largest absolute Gasteiger partial charge is 0.481 e. The molecule has 1 heterocycles. The number of amides is 1. The molecule has 5 heteroatoms. The molecule has 1 aromatic carbocycles. The van der Waals surface area contributed by atoms with Crippen molar-refractivity contribution in [1.29, 1.82) is 0 Å². The molecule has 3 aliphatic carbocycles. The Bertz CT molecular complexity index is 672. The quantitative estimate of drug-likeness (QED) is 0.835. The van der Waals surface area contributed by atoms with Gasteiger partial charge >= 0.3 is 5.97 Å². The van der Waals surface area contributed by atoms with Crippen molar-refractivity contribution < 1.29 is 19.4 Å². The van der Waals surface area contributed by atoms with Crippen LogP contribution in [0.4, 0.5) is 0 Å². The molecule has 5 nitrogen and oxygen atoms in total. The van der Waals surface area contributed by atoms with Gasteiger partial charge in [-0.1, -0.05) is 19.1 Å². The van der Waals surface area contributed by atoms with Gasteiger partial charge in [-0.05, 0) is 36.8 Å². The summed E-state index contributed by atoms with van der Waals surface area (Å²) in [6, 6.07) is 7.23. The van der Waals surface area contributed by atoms with Gasteiger partial charge in [0.2, 0.25) is 0 Å². The SMILES string of the molecule is C[C@@]12CC[C@H](C[C@@H]1C(=O)O)[C@@]1(C2)NC(=O)c2ccccc2O1. The Morgan fingerprint density at radius 1 is 1.41 bits per heavy atom. The number of carbonyl (C=O) groups is 2. The fourth-order valence-electron chi connectivity index (χ4n) is 4.63. The third-order valence-electron chi connectivity index (χ3n) is 5.80. The first kappa shape index (κ1) is 13.6. The summed E-state index contributed by atoms with van der Waals surface area (Å²) in [6.07, 6.45) is 2.88. The molecule has 1 aromatic rings. The van der Waals surface area contributed by atoms with Crippen LogP contribution < -0.4 is 10.1 Å². The van der Waals surface area contributed by atoms with Crippen molar-refractivity contribution in [1.82, 2.24) is 5.32 Å². The molecule has 116 valence electrons. The summed E-state index contributed by atoms with van der Waals surface area (Å²) in [6.45, 7) is 2.01. The number of aliphatic carboxylic acids is 1. The van der Waals surface area contributed by atoms with Gasteiger partial charge < -0.3 is 15.2 Å². The summed E-state index contributed by atoms with van der Waals surface area (Å²) >= 11 is 0. The highest BCUT2D eigenvalue weighted by atomic mass is 16.5. The van der Waals surface area contributed by atoms with Crippen LogP contribution in [0.15, 0.2) is 24.3 Å². The molecule has 1 aliphatic heterocycles. The molecular formula is C17H19NO4. The summed E-state index contributed by atoms with van der Waals surface area (Å²) in [5.41, 5.74) is -0.528. The van der Waals surface area contributed by atoms with E-state index in [0.717, 1.165) is 12.8 Å². The molecule has 4 atom stereocenters. The Balaban J connectivity index is 1.73. The topological polar surface area (TPSA) is 75.6 Å². The lowest BCUT2D eigenvalue weighted by Crippen LogP contribution is -2.68. The second-order valence-corrected chi connectivity index (χ2v) is 7.13. The molecule has 0 unspecified atom stereocenters. The van der Waals surface area contributed by atoms with Gasteiger partial charge in [-0.3, -0.25) is 9.59 Å². The van der Waals surface area contributed by atoms with Crippen LogP contribution in [0, 0.1) is 17.3 Å². The smallest absolute Gasteiger partial charge is 0.307 e. The summed E-state index contributed by atoms with van der Waals surface area (Å²) < 4.78 is 6.23. The number of hydrogen-bond acceptors (Lipinski definition) is 3. The summed E-state index contributed by atoms with van der Waals surface area (Å²) in [5.74, 6) is -0.550. The van der Waals surface area contributed by atoms with Crippen LogP contribution in [0.3, 0.4) is 0 Å². The number of para-hydroxylation sites is 1. The molecule has 22 heavy (non-hydrogen) atoms. The van der Waals surface area contributed by atoms with Crippen LogP contribution in [-0.4, -0.2) is 22.7 Å². The lowest BCUT2D eigenvalue weighted by Gasteiger charge is -2.59. The van der Waals surface area contributed by atoms with Crippen molar-refractivity contribution in [3.8, 4) is 5.75 Å². The van der Waals surface area contributed by atoms with Crippen LogP contribution in [0.1, 0.15) is 43.0 Å². The van der Waals surface area contributed by atoms with Crippen molar-refractivity contribution in [2.75, 3.05) is 0 Å². The number of carboxylic acid groups (broad SMARTS) is 1. The first-order chi connectivity index (χ1) is 10.4. The van der Waals surface area contributed by atoms with Gasteiger partial charge in [0, 0.05) is 12.3 Å². The van der Waals surface area contributed by atoms with Gasteiger partial charge in [0.1, 0.15) is 5.75 Å². The van der Waals surface area contributed by atoms with Crippen molar-refractivity contribution in [3.63, 3.8) is 0 Å². The zero-order valence-corrected chi connectivity index (χ0v) is 12.5. The minimum absolute atomic E-state index is 0.0488. The molecule has 2 bridgehead atoms. The molecule has 0 aromatic heterocycles. The number of carbonyl (C=O) groups excluding carboxylic acids is 1. The van der Waals surface area contributed by atoms with E-state index in [4.69, 9.17) is 4.74 Å². The molecule has 5 rings (SSSR count). The molecule has 1 amide bonds. The van der Waals surface area contributed by atoms with Gasteiger partial charge in [-0.15, -0.1) is 0 Å². The first-order valence-corrected chi connectivity index (χ1v) is 7.77. The van der Waals surface area contributed by atoms with E-state index in [1.54, 1.807) is 6.07 Å². The zero-order valence-electron chi connectivity index (χ0n) is 12.5. The summed E-state index contributed by atoms with van der Waals surface area (Å²) in [5, 5.41) is 12.5. The standard InChI is InChI=1S/C17H19NO4/c1-16-7-6-10(8-12(16)15(20)21)17(9-16)18-14(19)11-4-2-3-5-13(11)22-17/h2-5,10,12H,6-9H2,1H3,(H,18,19)(H,20,21)/t10-,12-,16+,17+/m1/s1. The van der Waals surface area contributed by atoms with Crippen molar-refractivity contribution in [2.45, 2.75) is 38.3 Å². The average molecular weight is 301 g/mol. The van der Waals surface area contributed by atoms with Crippen LogP contribution in [0.25, 0.3) is 0 Å². The zero-order chi connectivity index (χ0) is 15.5. The molecule has 2 N–H and O–H groups in total. The lowest BCUT2D eigenvalue weighted by atomic mass is 9.52. The maximum Gasteiger partial charge on any atom is 0.307 e. The Morgan fingerprint density at radius 2 is 2.18 bits per heavy atom. The van der Waals surface area contributed by atoms with E-state index in [1.165, 1.54) is 0 Å². The Kier molecular flexibility index (Phi) is 2.63. The number of hydrogen-bond donors (Lipinski definition) is 2. The van der Waals surface area contributed by atoms with E-state index in [2.05, 4.69) is 5.32 Å². The number of fused-ring (bicyclic) bond motifs is 3. The van der Waals surface area contributed by atoms with E-state index in [-0.39, 0.29) is 23.2 Å². The number of rotatable bonds is 1. The summed E-state index contributed by atoms with van der Waals surface area (Å²) in [4.78, 5) is 24.0. The number of benzene rings is 1. The van der Waals surface area contributed by atoms with Gasteiger partial charge in [-0.25, -0.2) is 0 Å². The van der Waals surface area contributed by atoms with Gasteiger partial charge in [-0.2, -0.15) is 0 Å². The maximum absolute atomic E-state index is 12.4. The highest BCUT2D eigenvalue weighted by molar-refractivity contribution is 5.98. The van der Waals surface area contributed by atoms with Gasteiger partial charge in [0.25, 0.3) is 5.91 Å². The van der Waals surface area contributed by atoms with E-state index in [0.29, 0.717) is 24.2 Å². The van der Waals surface area contributed by atoms with E-state index >= 15 is 0 Å². The number of ether oxygens (including phenoxy) is 1. The summed E-state index contributed by atoms with van der Waals surface area (Å²) in [7, 11) is 0. The van der Waals surface area contributed by atoms with Crippen molar-refractivity contribution in [2.24, 2.45) is 17.3 Å². The third-order valence-corrected chi connectivity index (χ3v) is 5.80. The molecule has 0 saturated heterocycles. The van der Waals surface area contributed by atoms with Crippen molar-refractivity contribution in [3.05, 3.63) is 29.8 Å². The van der Waals surface area contributed by atoms with Crippen LogP contribution in [0.2, 0.25) is 0 Å². The molecular weight excluding hydrogens is 282 g/mol. The van der Waals surface area contributed by atoms with Crippen molar-refractivity contribution >= 4 is 11.9 Å². The normalized spacial score (nSPS) is 39.0. The van der Waals surface area contributed by atoms with Crippen LogP contribution in [0.5, 0.6) is 5.75 Å². The highest BCUT2D eigenvalue weighted by Crippen LogP contribution is 2.58. The number of nitrogens with one attached hydrogen (secondary N) is 1. The lowest BCUT2D eigenvalue weighted by molar-refractivity contribution is -0.178. The Hall–Kier alpha value is -2.04. The fourth-order valence-corrected chi connectivity index (χ4v) is 4.63. The van der Waals surface area contributed by atoms with Gasteiger partial charge in [0.15, 0.2) is 5.72 Å². The van der Waals surface area contributed by atoms with E-state index in [1.807, 2.05) is 25.1 Å². The first-order valence-electron chi connectivity index (χ1n) is 7.77. The second kappa shape index (κ2) is 4.24. The average Bonchev–Trinajstić information content (AvgIpc) is 2.46. The van der Waals surface area contributed by atoms with E-state index < -0.39 is 11.7 Å². The predicted molar refractivity (Wildman–Crippen MR) is 78.5 cm³/mol. The molecule has 4 aliphatic rings. The predicted octanol–water partition coefficient (Wildman–Crippen LogP) is 2.42. The van der Waals surface area contributed by atoms with Crippen LogP contribution >= 0.6 is 0 Å². The van der Waals surface area contributed by atoms with Gasteiger partial charge in [0.05, 0.1) is 11.5 Å². The number of carboxylic acids is 1.